The van der Waals surface area contributed by atoms with Crippen molar-refractivity contribution in [3.8, 4) is 5.75 Å². The van der Waals surface area contributed by atoms with Gasteiger partial charge >= 0.3 is 0 Å². The van der Waals surface area contributed by atoms with E-state index >= 15 is 0 Å². The fourth-order valence-electron chi connectivity index (χ4n) is 2.45. The number of anilines is 2. The minimum atomic E-state index is -0.440. The van der Waals surface area contributed by atoms with Gasteiger partial charge in [0.25, 0.3) is 5.91 Å². The minimum Gasteiger partial charge on any atom is -0.495 e. The molecule has 0 aliphatic carbocycles. The number of hydrogen-bond donors (Lipinski definition) is 2. The second kappa shape index (κ2) is 7.67. The van der Waals surface area contributed by atoms with Crippen LogP contribution < -0.4 is 15.4 Å². The van der Waals surface area contributed by atoms with Crippen LogP contribution in [0, 0.1) is 6.92 Å². The highest BCUT2D eigenvalue weighted by Crippen LogP contribution is 2.40. The molecule has 2 heterocycles. The van der Waals surface area contributed by atoms with E-state index in [2.05, 4.69) is 20.6 Å². The van der Waals surface area contributed by atoms with Crippen molar-refractivity contribution in [2.24, 2.45) is 0 Å². The van der Waals surface area contributed by atoms with E-state index in [1.165, 1.54) is 31.7 Å². The van der Waals surface area contributed by atoms with Crippen LogP contribution in [0.15, 0.2) is 17.8 Å². The van der Waals surface area contributed by atoms with Gasteiger partial charge in [0.05, 0.1) is 33.6 Å². The standard InChI is InChI=1S/C17H14Cl2N4O3S/c1-7-4-10(26-3)12(19)14(11(7)18)23-17(25)9-5-27-15-13(9)20-6-21-16(15)22-8(2)24/h4-6H,1-3H3,(H,23,25)(H,20,21,22,24). The van der Waals surface area contributed by atoms with Crippen molar-refractivity contribution in [1.29, 1.82) is 0 Å². The zero-order valence-corrected chi connectivity index (χ0v) is 16.8. The molecule has 0 radical (unpaired) electrons. The van der Waals surface area contributed by atoms with Crippen LogP contribution in [0.5, 0.6) is 5.75 Å². The summed E-state index contributed by atoms with van der Waals surface area (Å²) in [7, 11) is 1.48. The van der Waals surface area contributed by atoms with E-state index in [1.807, 2.05) is 0 Å². The Morgan fingerprint density at radius 3 is 2.59 bits per heavy atom. The number of halogens is 2. The monoisotopic (exact) mass is 424 g/mol. The van der Waals surface area contributed by atoms with Gasteiger partial charge in [0.15, 0.2) is 5.82 Å². The maximum Gasteiger partial charge on any atom is 0.258 e. The molecule has 140 valence electrons. The summed E-state index contributed by atoms with van der Waals surface area (Å²) in [6.07, 6.45) is 1.28. The lowest BCUT2D eigenvalue weighted by molar-refractivity contribution is -0.114. The average Bonchev–Trinajstić information content (AvgIpc) is 3.06. The number of hydrogen-bond acceptors (Lipinski definition) is 6. The second-order valence-electron chi connectivity index (χ2n) is 5.58. The lowest BCUT2D eigenvalue weighted by Crippen LogP contribution is -2.13. The summed E-state index contributed by atoms with van der Waals surface area (Å²) in [5, 5.41) is 7.50. The summed E-state index contributed by atoms with van der Waals surface area (Å²) in [6, 6.07) is 1.69. The first kappa shape index (κ1) is 19.3. The van der Waals surface area contributed by atoms with E-state index in [-0.39, 0.29) is 16.6 Å². The van der Waals surface area contributed by atoms with Crippen LogP contribution in [0.25, 0.3) is 10.2 Å². The number of carbonyl (C=O) groups excluding carboxylic acids is 2. The first-order valence-corrected chi connectivity index (χ1v) is 9.30. The zero-order valence-electron chi connectivity index (χ0n) is 14.5. The molecule has 2 amide bonds. The van der Waals surface area contributed by atoms with E-state index in [0.717, 1.165) is 0 Å². The van der Waals surface area contributed by atoms with Gasteiger partial charge < -0.3 is 15.4 Å². The molecular formula is C17H14Cl2N4O3S. The van der Waals surface area contributed by atoms with Gasteiger partial charge in [-0.1, -0.05) is 23.2 Å². The minimum absolute atomic E-state index is 0.203. The number of methoxy groups -OCH3 is 1. The predicted molar refractivity (Wildman–Crippen MR) is 107 cm³/mol. The smallest absolute Gasteiger partial charge is 0.258 e. The highest BCUT2D eigenvalue weighted by Gasteiger charge is 2.21. The van der Waals surface area contributed by atoms with Crippen LogP contribution in [-0.2, 0) is 4.79 Å². The summed E-state index contributed by atoms with van der Waals surface area (Å²) in [5.74, 6) is 0.0501. The lowest BCUT2D eigenvalue weighted by Gasteiger charge is -2.14. The molecule has 0 bridgehead atoms. The van der Waals surface area contributed by atoms with Crippen molar-refractivity contribution >= 4 is 68.1 Å². The van der Waals surface area contributed by atoms with E-state index < -0.39 is 5.91 Å². The molecule has 0 saturated heterocycles. The number of nitrogens with zero attached hydrogens (tertiary/aromatic N) is 2. The van der Waals surface area contributed by atoms with Gasteiger partial charge in [-0.2, -0.15) is 0 Å². The normalized spacial score (nSPS) is 10.7. The summed E-state index contributed by atoms with van der Waals surface area (Å²) in [5.41, 5.74) is 1.70. The Balaban J connectivity index is 2.01. The van der Waals surface area contributed by atoms with E-state index in [1.54, 1.807) is 18.4 Å². The number of aromatic nitrogens is 2. The van der Waals surface area contributed by atoms with Crippen molar-refractivity contribution in [3.05, 3.63) is 38.9 Å². The second-order valence-corrected chi connectivity index (χ2v) is 7.22. The number of nitrogens with one attached hydrogen (secondary N) is 2. The molecule has 0 aliphatic rings. The number of rotatable bonds is 4. The number of aryl methyl sites for hydroxylation is 1. The number of fused-ring (bicyclic) bond motifs is 1. The molecule has 10 heteroatoms. The van der Waals surface area contributed by atoms with Crippen molar-refractivity contribution < 1.29 is 14.3 Å². The third-order valence-corrected chi connectivity index (χ3v) is 5.54. The summed E-state index contributed by atoms with van der Waals surface area (Å²) in [6.45, 7) is 3.16. The van der Waals surface area contributed by atoms with Crippen LogP contribution in [0.2, 0.25) is 10.0 Å². The third-order valence-electron chi connectivity index (χ3n) is 3.70. The topological polar surface area (TPSA) is 93.2 Å². The van der Waals surface area contributed by atoms with Crippen LogP contribution in [0.1, 0.15) is 22.8 Å². The lowest BCUT2D eigenvalue weighted by atomic mass is 10.2. The Kier molecular flexibility index (Phi) is 5.50. The first-order valence-electron chi connectivity index (χ1n) is 7.67. The van der Waals surface area contributed by atoms with Gasteiger partial charge in [-0.3, -0.25) is 9.59 Å². The average molecular weight is 425 g/mol. The zero-order chi connectivity index (χ0) is 19.7. The summed E-state index contributed by atoms with van der Waals surface area (Å²) < 4.78 is 5.81. The number of thiophene rings is 1. The maximum atomic E-state index is 12.8. The van der Waals surface area contributed by atoms with Crippen LogP contribution >= 0.6 is 34.5 Å². The van der Waals surface area contributed by atoms with E-state index in [0.29, 0.717) is 37.9 Å². The molecule has 0 aliphatic heterocycles. The molecule has 1 aromatic carbocycles. The Labute approximate surface area is 168 Å². The molecule has 2 N–H and O–H groups in total. The Hall–Kier alpha value is -2.42. The quantitative estimate of drug-likeness (QED) is 0.641. The molecule has 3 rings (SSSR count). The van der Waals surface area contributed by atoms with Crippen molar-refractivity contribution in [2.75, 3.05) is 17.7 Å². The fraction of sp³-hybridized carbons (Fsp3) is 0.176. The van der Waals surface area contributed by atoms with Gasteiger partial charge in [-0.05, 0) is 18.6 Å². The molecule has 3 aromatic rings. The van der Waals surface area contributed by atoms with E-state index in [9.17, 15) is 9.59 Å². The van der Waals surface area contributed by atoms with Gasteiger partial charge in [0.1, 0.15) is 17.1 Å². The highest BCUT2D eigenvalue weighted by atomic mass is 35.5. The molecule has 0 spiro atoms. The molecule has 2 aromatic heterocycles. The van der Waals surface area contributed by atoms with Gasteiger partial charge in [0.2, 0.25) is 5.91 Å². The van der Waals surface area contributed by atoms with E-state index in [4.69, 9.17) is 27.9 Å². The fourth-order valence-corrected chi connectivity index (χ4v) is 3.91. The molecule has 0 fully saturated rings. The Morgan fingerprint density at radius 2 is 1.93 bits per heavy atom. The van der Waals surface area contributed by atoms with Crippen LogP contribution in [-0.4, -0.2) is 28.9 Å². The molecule has 0 saturated carbocycles. The SMILES string of the molecule is COc1cc(C)c(Cl)c(NC(=O)c2csc3c(NC(C)=O)ncnc23)c1Cl. The van der Waals surface area contributed by atoms with Gasteiger partial charge in [-0.25, -0.2) is 9.97 Å². The first-order chi connectivity index (χ1) is 12.8. The maximum absolute atomic E-state index is 12.8. The van der Waals surface area contributed by atoms with Crippen molar-refractivity contribution in [3.63, 3.8) is 0 Å². The van der Waals surface area contributed by atoms with Crippen LogP contribution in [0.4, 0.5) is 11.5 Å². The summed E-state index contributed by atoms with van der Waals surface area (Å²) in [4.78, 5) is 32.4. The third kappa shape index (κ3) is 3.69. The summed E-state index contributed by atoms with van der Waals surface area (Å²) >= 11 is 13.9. The number of carbonyl (C=O) groups is 2. The Morgan fingerprint density at radius 1 is 1.19 bits per heavy atom. The molecule has 0 unspecified atom stereocenters. The molecule has 0 atom stereocenters. The Bertz CT molecular complexity index is 1070. The van der Waals surface area contributed by atoms with Gasteiger partial charge in [-0.15, -0.1) is 11.3 Å². The number of ether oxygens (including phenoxy) is 1. The molecule has 27 heavy (non-hydrogen) atoms. The largest absolute Gasteiger partial charge is 0.495 e. The molecular weight excluding hydrogens is 411 g/mol. The predicted octanol–water partition coefficient (Wildman–Crippen LogP) is 4.53. The van der Waals surface area contributed by atoms with Crippen LogP contribution in [0.3, 0.4) is 0 Å². The highest BCUT2D eigenvalue weighted by molar-refractivity contribution is 7.18. The number of benzene rings is 1. The molecule has 7 nitrogen and oxygen atoms in total. The van der Waals surface area contributed by atoms with Crippen molar-refractivity contribution in [1.82, 2.24) is 9.97 Å². The van der Waals surface area contributed by atoms with Gasteiger partial charge in [0, 0.05) is 12.3 Å². The van der Waals surface area contributed by atoms with Crippen molar-refractivity contribution in [2.45, 2.75) is 13.8 Å². The number of amides is 2.